The summed E-state index contributed by atoms with van der Waals surface area (Å²) in [5, 5.41) is 9.01. The minimum absolute atomic E-state index is 0.182. The lowest BCUT2D eigenvalue weighted by Gasteiger charge is -2.12. The van der Waals surface area contributed by atoms with Crippen LogP contribution in [0.5, 0.6) is 11.5 Å². The topological polar surface area (TPSA) is 55.8 Å². The quantitative estimate of drug-likeness (QED) is 0.880. The summed E-state index contributed by atoms with van der Waals surface area (Å²) in [5.41, 5.74) is 2.42. The van der Waals surface area contributed by atoms with Crippen molar-refractivity contribution in [2.75, 3.05) is 6.61 Å². The summed E-state index contributed by atoms with van der Waals surface area (Å²) < 4.78 is 11.2. The Morgan fingerprint density at radius 2 is 1.76 bits per heavy atom. The van der Waals surface area contributed by atoms with E-state index in [9.17, 15) is 4.79 Å². The van der Waals surface area contributed by atoms with Crippen molar-refractivity contribution in [1.82, 2.24) is 0 Å². The van der Waals surface area contributed by atoms with Gasteiger partial charge in [-0.25, -0.2) is 4.79 Å². The van der Waals surface area contributed by atoms with Crippen molar-refractivity contribution in [3.05, 3.63) is 59.2 Å². The molecule has 4 nitrogen and oxygen atoms in total. The fourth-order valence-electron chi connectivity index (χ4n) is 1.87. The third kappa shape index (κ3) is 3.99. The number of hydrogen-bond donors (Lipinski definition) is 1. The zero-order chi connectivity index (χ0) is 15.2. The summed E-state index contributed by atoms with van der Waals surface area (Å²) in [7, 11) is 0. The Morgan fingerprint density at radius 1 is 1.05 bits per heavy atom. The maximum absolute atomic E-state index is 11.0. The molecule has 0 aliphatic heterocycles. The molecular weight excluding hydrogens is 268 g/mol. The number of aryl methyl sites for hydroxylation is 1. The van der Waals surface area contributed by atoms with Crippen LogP contribution in [0.3, 0.4) is 0 Å². The summed E-state index contributed by atoms with van der Waals surface area (Å²) in [4.78, 5) is 11.0. The molecule has 0 amide bonds. The Hall–Kier alpha value is -2.49. The van der Waals surface area contributed by atoms with Gasteiger partial charge in [0.05, 0.1) is 12.2 Å². The normalized spacial score (nSPS) is 10.2. The van der Waals surface area contributed by atoms with Gasteiger partial charge in [0, 0.05) is 0 Å². The summed E-state index contributed by atoms with van der Waals surface area (Å²) in [5.74, 6) is 0.00738. The number of ether oxygens (including phenoxy) is 2. The van der Waals surface area contributed by atoms with Crippen LogP contribution in [-0.2, 0) is 6.61 Å². The molecule has 0 atom stereocenters. The van der Waals surface area contributed by atoms with Crippen LogP contribution in [-0.4, -0.2) is 17.7 Å². The zero-order valence-corrected chi connectivity index (χ0v) is 12.1. The Morgan fingerprint density at radius 3 is 2.38 bits per heavy atom. The number of benzene rings is 2. The molecule has 110 valence electrons. The maximum Gasteiger partial charge on any atom is 0.335 e. The molecule has 0 unspecified atom stereocenters. The van der Waals surface area contributed by atoms with Gasteiger partial charge in [0.2, 0.25) is 0 Å². The molecule has 0 fully saturated rings. The zero-order valence-electron chi connectivity index (χ0n) is 12.1. The molecule has 0 saturated carbocycles. The molecule has 2 aromatic carbocycles. The largest absolute Gasteiger partial charge is 0.490 e. The molecule has 2 rings (SSSR count). The van der Waals surface area contributed by atoms with E-state index in [-0.39, 0.29) is 5.56 Å². The van der Waals surface area contributed by atoms with Crippen molar-refractivity contribution in [2.45, 2.75) is 20.5 Å². The number of carboxylic acids is 1. The number of hydrogen-bond acceptors (Lipinski definition) is 3. The van der Waals surface area contributed by atoms with Crippen molar-refractivity contribution in [2.24, 2.45) is 0 Å². The second kappa shape index (κ2) is 6.79. The summed E-state index contributed by atoms with van der Waals surface area (Å²) in [6.07, 6.45) is 0. The summed E-state index contributed by atoms with van der Waals surface area (Å²) in [6.45, 7) is 4.73. The lowest BCUT2D eigenvalue weighted by Crippen LogP contribution is -2.02. The number of carbonyl (C=O) groups is 1. The highest BCUT2D eigenvalue weighted by molar-refractivity contribution is 5.88. The Kier molecular flexibility index (Phi) is 4.82. The second-order valence-corrected chi connectivity index (χ2v) is 4.67. The summed E-state index contributed by atoms with van der Waals surface area (Å²) >= 11 is 0. The van der Waals surface area contributed by atoms with E-state index in [0.29, 0.717) is 24.7 Å². The molecule has 0 radical (unpaired) electrons. The number of carboxylic acid groups (broad SMARTS) is 1. The lowest BCUT2D eigenvalue weighted by atomic mass is 10.1. The smallest absolute Gasteiger partial charge is 0.335 e. The van der Waals surface area contributed by atoms with E-state index < -0.39 is 5.97 Å². The van der Waals surface area contributed by atoms with Gasteiger partial charge in [-0.1, -0.05) is 29.8 Å². The first-order valence-corrected chi connectivity index (χ1v) is 6.78. The Bertz CT molecular complexity index is 617. The van der Waals surface area contributed by atoms with Crippen LogP contribution in [0.25, 0.3) is 0 Å². The van der Waals surface area contributed by atoms with Crippen LogP contribution in [0.4, 0.5) is 0 Å². The molecule has 0 aromatic heterocycles. The van der Waals surface area contributed by atoms with E-state index in [1.54, 1.807) is 6.07 Å². The van der Waals surface area contributed by atoms with Gasteiger partial charge in [0.25, 0.3) is 0 Å². The molecule has 0 aliphatic carbocycles. The fourth-order valence-corrected chi connectivity index (χ4v) is 1.87. The van der Waals surface area contributed by atoms with Gasteiger partial charge in [-0.15, -0.1) is 0 Å². The van der Waals surface area contributed by atoms with Crippen LogP contribution in [0.15, 0.2) is 42.5 Å². The highest BCUT2D eigenvalue weighted by Crippen LogP contribution is 2.29. The fraction of sp³-hybridized carbons (Fsp3) is 0.235. The number of rotatable bonds is 6. The third-order valence-corrected chi connectivity index (χ3v) is 3.01. The van der Waals surface area contributed by atoms with Gasteiger partial charge < -0.3 is 14.6 Å². The van der Waals surface area contributed by atoms with Crippen LogP contribution < -0.4 is 9.47 Å². The van der Waals surface area contributed by atoms with E-state index in [1.165, 1.54) is 17.7 Å². The van der Waals surface area contributed by atoms with Crippen LogP contribution in [0.1, 0.15) is 28.4 Å². The summed E-state index contributed by atoms with van der Waals surface area (Å²) in [6, 6.07) is 12.7. The molecule has 0 saturated heterocycles. The first-order chi connectivity index (χ1) is 10.1. The predicted molar refractivity (Wildman–Crippen MR) is 80.1 cm³/mol. The molecule has 1 N–H and O–H groups in total. The van der Waals surface area contributed by atoms with Crippen molar-refractivity contribution in [3.63, 3.8) is 0 Å². The van der Waals surface area contributed by atoms with Gasteiger partial charge in [-0.05, 0) is 37.6 Å². The van der Waals surface area contributed by atoms with Gasteiger partial charge in [0.1, 0.15) is 6.61 Å². The molecule has 0 heterocycles. The molecule has 0 spiro atoms. The SMILES string of the molecule is CCOc1cc(C(=O)O)ccc1OCc1ccc(C)cc1. The standard InChI is InChI=1S/C17H18O4/c1-3-20-16-10-14(17(18)19)8-9-15(16)21-11-13-6-4-12(2)5-7-13/h4-10H,3,11H2,1-2H3,(H,18,19). The van der Waals surface area contributed by atoms with E-state index in [4.69, 9.17) is 14.6 Å². The van der Waals surface area contributed by atoms with Crippen LogP contribution in [0, 0.1) is 6.92 Å². The van der Waals surface area contributed by atoms with E-state index >= 15 is 0 Å². The Balaban J connectivity index is 2.14. The molecule has 0 aliphatic rings. The van der Waals surface area contributed by atoms with E-state index in [0.717, 1.165) is 5.56 Å². The molecule has 0 bridgehead atoms. The van der Waals surface area contributed by atoms with Gasteiger partial charge >= 0.3 is 5.97 Å². The average molecular weight is 286 g/mol. The van der Waals surface area contributed by atoms with Crippen molar-refractivity contribution < 1.29 is 19.4 Å². The Labute approximate surface area is 123 Å². The average Bonchev–Trinajstić information content (AvgIpc) is 2.47. The highest BCUT2D eigenvalue weighted by Gasteiger charge is 2.10. The molecule has 4 heteroatoms. The first-order valence-electron chi connectivity index (χ1n) is 6.78. The number of aromatic carboxylic acids is 1. The second-order valence-electron chi connectivity index (χ2n) is 4.67. The highest BCUT2D eigenvalue weighted by atomic mass is 16.5. The van der Waals surface area contributed by atoms with Crippen molar-refractivity contribution >= 4 is 5.97 Å². The maximum atomic E-state index is 11.0. The third-order valence-electron chi connectivity index (χ3n) is 3.01. The van der Waals surface area contributed by atoms with Crippen molar-refractivity contribution in [1.29, 1.82) is 0 Å². The van der Waals surface area contributed by atoms with Crippen LogP contribution in [0.2, 0.25) is 0 Å². The minimum Gasteiger partial charge on any atom is -0.490 e. The molecule has 21 heavy (non-hydrogen) atoms. The van der Waals surface area contributed by atoms with E-state index in [2.05, 4.69) is 0 Å². The predicted octanol–water partition coefficient (Wildman–Crippen LogP) is 3.67. The molecule has 2 aromatic rings. The van der Waals surface area contributed by atoms with Crippen LogP contribution >= 0.6 is 0 Å². The van der Waals surface area contributed by atoms with E-state index in [1.807, 2.05) is 38.1 Å². The minimum atomic E-state index is -0.985. The van der Waals surface area contributed by atoms with Gasteiger partial charge in [-0.2, -0.15) is 0 Å². The van der Waals surface area contributed by atoms with Crippen molar-refractivity contribution in [3.8, 4) is 11.5 Å². The van der Waals surface area contributed by atoms with Gasteiger partial charge in [0.15, 0.2) is 11.5 Å². The van der Waals surface area contributed by atoms with Gasteiger partial charge in [-0.3, -0.25) is 0 Å². The lowest BCUT2D eigenvalue weighted by molar-refractivity contribution is 0.0696. The first kappa shape index (κ1) is 14.9. The monoisotopic (exact) mass is 286 g/mol. The molecular formula is C17H18O4.